The number of nitrogens with one attached hydrogen (secondary N) is 3. The van der Waals surface area contributed by atoms with Crippen molar-refractivity contribution in [2.45, 2.75) is 58.6 Å². The van der Waals surface area contributed by atoms with Crippen LogP contribution in [0.15, 0.2) is 4.99 Å². The van der Waals surface area contributed by atoms with Crippen LogP contribution in [0.25, 0.3) is 0 Å². The summed E-state index contributed by atoms with van der Waals surface area (Å²) in [5, 5.41) is 9.22. The van der Waals surface area contributed by atoms with E-state index in [9.17, 15) is 4.79 Å². The van der Waals surface area contributed by atoms with Gasteiger partial charge in [-0.05, 0) is 47.1 Å². The minimum atomic E-state index is -0.472. The van der Waals surface area contributed by atoms with Crippen LogP contribution in [-0.4, -0.2) is 68.4 Å². The molecular weight excluding hydrogens is 306 g/mol. The Hall–Kier alpha value is -1.50. The van der Waals surface area contributed by atoms with Crippen molar-refractivity contribution in [3.8, 4) is 0 Å². The van der Waals surface area contributed by atoms with Gasteiger partial charge in [-0.25, -0.2) is 4.79 Å². The van der Waals surface area contributed by atoms with Crippen LogP contribution in [-0.2, 0) is 4.74 Å². The van der Waals surface area contributed by atoms with Gasteiger partial charge in [-0.15, -0.1) is 0 Å². The van der Waals surface area contributed by atoms with Crippen molar-refractivity contribution < 1.29 is 9.53 Å². The van der Waals surface area contributed by atoms with Gasteiger partial charge in [0.1, 0.15) is 5.60 Å². The fourth-order valence-electron chi connectivity index (χ4n) is 2.69. The third kappa shape index (κ3) is 8.96. The van der Waals surface area contributed by atoms with E-state index in [0.717, 1.165) is 19.0 Å². The summed E-state index contributed by atoms with van der Waals surface area (Å²) in [5.74, 6) is 0.755. The molecule has 0 aromatic carbocycles. The van der Waals surface area contributed by atoms with Crippen molar-refractivity contribution in [1.29, 1.82) is 0 Å². The molecular formula is C17H35N5O2. The Morgan fingerprint density at radius 1 is 1.17 bits per heavy atom. The molecule has 24 heavy (non-hydrogen) atoms. The number of likely N-dealkylation sites (tertiary alicyclic amines) is 1. The van der Waals surface area contributed by atoms with E-state index in [1.807, 2.05) is 20.8 Å². The molecule has 1 aliphatic heterocycles. The van der Waals surface area contributed by atoms with Crippen LogP contribution in [0.3, 0.4) is 0 Å². The summed E-state index contributed by atoms with van der Waals surface area (Å²) in [4.78, 5) is 18.3. The van der Waals surface area contributed by atoms with Gasteiger partial charge in [-0.2, -0.15) is 0 Å². The van der Waals surface area contributed by atoms with Gasteiger partial charge >= 0.3 is 6.09 Å². The first-order valence-electron chi connectivity index (χ1n) is 8.97. The average Bonchev–Trinajstić information content (AvgIpc) is 2.49. The van der Waals surface area contributed by atoms with Gasteiger partial charge in [-0.1, -0.05) is 6.42 Å². The molecule has 1 heterocycles. The lowest BCUT2D eigenvalue weighted by Crippen LogP contribution is -2.46. The standard InChI is InChI=1S/C17H35N5O2/c1-14-8-6-7-12-22(14)13-11-20-15(18-5)19-9-10-21-16(23)24-17(2,3)4/h14H,6-13H2,1-5H3,(H,21,23)(H2,18,19,20). The number of hydrogen-bond donors (Lipinski definition) is 3. The van der Waals surface area contributed by atoms with E-state index in [-0.39, 0.29) is 0 Å². The zero-order valence-electron chi connectivity index (χ0n) is 15.9. The quantitative estimate of drug-likeness (QED) is 0.388. The second kappa shape index (κ2) is 10.4. The number of amides is 1. The van der Waals surface area contributed by atoms with Crippen LogP contribution in [0.1, 0.15) is 47.0 Å². The third-order valence-electron chi connectivity index (χ3n) is 3.94. The van der Waals surface area contributed by atoms with Crippen LogP contribution in [0, 0.1) is 0 Å². The summed E-state index contributed by atoms with van der Waals surface area (Å²) in [6.07, 6.45) is 3.54. The second-order valence-electron chi connectivity index (χ2n) is 7.24. The normalized spacial score (nSPS) is 19.7. The summed E-state index contributed by atoms with van der Waals surface area (Å²) in [6, 6.07) is 0.675. The number of rotatable bonds is 6. The summed E-state index contributed by atoms with van der Waals surface area (Å²) in [7, 11) is 1.75. The number of alkyl carbamates (subject to hydrolysis) is 1. The molecule has 1 unspecified atom stereocenters. The molecule has 0 spiro atoms. The van der Waals surface area contributed by atoms with Crippen molar-refractivity contribution in [3.63, 3.8) is 0 Å². The first kappa shape index (κ1) is 20.5. The van der Waals surface area contributed by atoms with Crippen LogP contribution in [0.4, 0.5) is 4.79 Å². The van der Waals surface area contributed by atoms with Crippen molar-refractivity contribution in [2.24, 2.45) is 4.99 Å². The van der Waals surface area contributed by atoms with E-state index >= 15 is 0 Å². The Morgan fingerprint density at radius 2 is 1.83 bits per heavy atom. The summed E-state index contributed by atoms with van der Waals surface area (Å²) < 4.78 is 5.18. The predicted molar refractivity (Wildman–Crippen MR) is 98.5 cm³/mol. The van der Waals surface area contributed by atoms with E-state index in [1.54, 1.807) is 7.05 Å². The monoisotopic (exact) mass is 341 g/mol. The van der Waals surface area contributed by atoms with Crippen molar-refractivity contribution in [1.82, 2.24) is 20.9 Å². The minimum absolute atomic E-state index is 0.397. The molecule has 7 heteroatoms. The van der Waals surface area contributed by atoms with Gasteiger partial charge in [0, 0.05) is 39.3 Å². The molecule has 1 rings (SSSR count). The van der Waals surface area contributed by atoms with Gasteiger partial charge in [0.15, 0.2) is 5.96 Å². The highest BCUT2D eigenvalue weighted by Crippen LogP contribution is 2.15. The molecule has 7 nitrogen and oxygen atoms in total. The number of ether oxygens (including phenoxy) is 1. The maximum absolute atomic E-state index is 11.5. The van der Waals surface area contributed by atoms with Gasteiger partial charge in [0.2, 0.25) is 0 Å². The molecule has 0 aromatic rings. The molecule has 0 aromatic heterocycles. The smallest absolute Gasteiger partial charge is 0.407 e. The number of guanidine groups is 1. The number of hydrogen-bond acceptors (Lipinski definition) is 4. The second-order valence-corrected chi connectivity index (χ2v) is 7.24. The zero-order chi connectivity index (χ0) is 18.0. The molecule has 3 N–H and O–H groups in total. The van der Waals surface area contributed by atoms with Crippen LogP contribution < -0.4 is 16.0 Å². The molecule has 0 bridgehead atoms. The Labute approximate surface area is 146 Å². The lowest BCUT2D eigenvalue weighted by Gasteiger charge is -2.33. The Kier molecular flexibility index (Phi) is 8.89. The van der Waals surface area contributed by atoms with Gasteiger partial charge < -0.3 is 20.7 Å². The SMILES string of the molecule is CN=C(NCCNC(=O)OC(C)(C)C)NCCN1CCCCC1C. The first-order chi connectivity index (χ1) is 11.3. The van der Waals surface area contributed by atoms with Crippen molar-refractivity contribution in [3.05, 3.63) is 0 Å². The van der Waals surface area contributed by atoms with E-state index in [2.05, 4.69) is 32.8 Å². The zero-order valence-corrected chi connectivity index (χ0v) is 15.9. The maximum Gasteiger partial charge on any atom is 0.407 e. The van der Waals surface area contributed by atoms with E-state index in [1.165, 1.54) is 25.8 Å². The number of carbonyl (C=O) groups excluding carboxylic acids is 1. The molecule has 140 valence electrons. The van der Waals surface area contributed by atoms with Gasteiger partial charge in [0.25, 0.3) is 0 Å². The minimum Gasteiger partial charge on any atom is -0.444 e. The number of nitrogens with zero attached hydrogens (tertiary/aromatic N) is 2. The predicted octanol–water partition coefficient (Wildman–Crippen LogP) is 1.55. The Bertz CT molecular complexity index is 406. The highest BCUT2D eigenvalue weighted by Gasteiger charge is 2.17. The van der Waals surface area contributed by atoms with Gasteiger partial charge in [-0.3, -0.25) is 9.89 Å². The highest BCUT2D eigenvalue weighted by atomic mass is 16.6. The first-order valence-corrected chi connectivity index (χ1v) is 8.97. The number of piperidine rings is 1. The van der Waals surface area contributed by atoms with Gasteiger partial charge in [0.05, 0.1) is 0 Å². The summed E-state index contributed by atoms with van der Waals surface area (Å²) in [6.45, 7) is 12.0. The molecule has 1 saturated heterocycles. The molecule has 0 aliphatic carbocycles. The summed E-state index contributed by atoms with van der Waals surface area (Å²) in [5.41, 5.74) is -0.472. The molecule has 1 amide bonds. The topological polar surface area (TPSA) is 78.0 Å². The fraction of sp³-hybridized carbons (Fsp3) is 0.882. The van der Waals surface area contributed by atoms with E-state index in [0.29, 0.717) is 19.1 Å². The van der Waals surface area contributed by atoms with E-state index < -0.39 is 11.7 Å². The Morgan fingerprint density at radius 3 is 2.46 bits per heavy atom. The average molecular weight is 342 g/mol. The maximum atomic E-state index is 11.5. The molecule has 1 atom stereocenters. The third-order valence-corrected chi connectivity index (χ3v) is 3.94. The molecule has 0 saturated carbocycles. The van der Waals surface area contributed by atoms with Crippen LogP contribution in [0.2, 0.25) is 0 Å². The number of carbonyl (C=O) groups is 1. The largest absolute Gasteiger partial charge is 0.444 e. The van der Waals surface area contributed by atoms with Crippen molar-refractivity contribution in [2.75, 3.05) is 39.8 Å². The van der Waals surface area contributed by atoms with Crippen LogP contribution >= 0.6 is 0 Å². The van der Waals surface area contributed by atoms with Crippen LogP contribution in [0.5, 0.6) is 0 Å². The molecule has 1 aliphatic rings. The lowest BCUT2D eigenvalue weighted by atomic mass is 10.0. The lowest BCUT2D eigenvalue weighted by molar-refractivity contribution is 0.0529. The summed E-state index contributed by atoms with van der Waals surface area (Å²) >= 11 is 0. The fourth-order valence-corrected chi connectivity index (χ4v) is 2.69. The molecule has 1 fully saturated rings. The Balaban J connectivity index is 2.13. The van der Waals surface area contributed by atoms with Crippen molar-refractivity contribution >= 4 is 12.1 Å². The highest BCUT2D eigenvalue weighted by molar-refractivity contribution is 5.79. The van der Waals surface area contributed by atoms with E-state index in [4.69, 9.17) is 4.74 Å². The molecule has 0 radical (unpaired) electrons. The number of aliphatic imine (C=N–C) groups is 1.